The van der Waals surface area contributed by atoms with Crippen molar-refractivity contribution in [3.8, 4) is 0 Å². The summed E-state index contributed by atoms with van der Waals surface area (Å²) in [6.45, 7) is 2.10. The Morgan fingerprint density at radius 3 is 3.06 bits per heavy atom. The maximum absolute atomic E-state index is 10.7. The van der Waals surface area contributed by atoms with E-state index >= 15 is 0 Å². The van der Waals surface area contributed by atoms with Crippen molar-refractivity contribution in [1.82, 2.24) is 4.98 Å². The average Bonchev–Trinajstić information content (AvgIpc) is 2.70. The van der Waals surface area contributed by atoms with Gasteiger partial charge in [-0.1, -0.05) is 25.1 Å². The van der Waals surface area contributed by atoms with Crippen LogP contribution in [-0.2, 0) is 5.60 Å². The summed E-state index contributed by atoms with van der Waals surface area (Å²) >= 11 is 1.83. The van der Waals surface area contributed by atoms with Crippen molar-refractivity contribution in [3.63, 3.8) is 0 Å². The standard InChI is InChI=1S/C14H15NOS/c1-10-14(16,6-8-17-10)12-5-4-11-3-2-7-15-13(11)9-12/h2-5,7,9-10,16H,6,8H2,1H3. The summed E-state index contributed by atoms with van der Waals surface area (Å²) in [5.41, 5.74) is 1.28. The van der Waals surface area contributed by atoms with Crippen LogP contribution in [0.4, 0.5) is 0 Å². The first-order chi connectivity index (χ1) is 8.20. The molecule has 0 saturated carbocycles. The van der Waals surface area contributed by atoms with E-state index in [9.17, 15) is 5.11 Å². The third kappa shape index (κ3) is 1.74. The molecular weight excluding hydrogens is 230 g/mol. The molecule has 2 heterocycles. The molecule has 2 atom stereocenters. The predicted molar refractivity (Wildman–Crippen MR) is 72.2 cm³/mol. The van der Waals surface area contributed by atoms with E-state index in [-0.39, 0.29) is 5.25 Å². The van der Waals surface area contributed by atoms with Gasteiger partial charge in [-0.3, -0.25) is 4.98 Å². The molecule has 0 aliphatic carbocycles. The number of hydrogen-bond donors (Lipinski definition) is 1. The van der Waals surface area contributed by atoms with Gasteiger partial charge in [0.25, 0.3) is 0 Å². The zero-order chi connectivity index (χ0) is 11.9. The zero-order valence-electron chi connectivity index (χ0n) is 9.76. The molecule has 0 spiro atoms. The summed E-state index contributed by atoms with van der Waals surface area (Å²) < 4.78 is 0. The Morgan fingerprint density at radius 2 is 2.29 bits per heavy atom. The van der Waals surface area contributed by atoms with Gasteiger partial charge < -0.3 is 5.11 Å². The lowest BCUT2D eigenvalue weighted by Gasteiger charge is -2.27. The minimum atomic E-state index is -0.684. The Morgan fingerprint density at radius 1 is 1.41 bits per heavy atom. The number of aromatic nitrogens is 1. The summed E-state index contributed by atoms with van der Waals surface area (Å²) in [7, 11) is 0. The van der Waals surface area contributed by atoms with Crippen LogP contribution in [0.1, 0.15) is 18.9 Å². The summed E-state index contributed by atoms with van der Waals surface area (Å²) in [4.78, 5) is 4.35. The monoisotopic (exact) mass is 245 g/mol. The zero-order valence-corrected chi connectivity index (χ0v) is 10.6. The molecule has 3 rings (SSSR count). The van der Waals surface area contributed by atoms with E-state index in [0.717, 1.165) is 28.6 Å². The summed E-state index contributed by atoms with van der Waals surface area (Å²) in [5, 5.41) is 12.1. The molecule has 1 aliphatic heterocycles. The molecule has 17 heavy (non-hydrogen) atoms. The Labute approximate surface area is 105 Å². The van der Waals surface area contributed by atoms with Crippen molar-refractivity contribution < 1.29 is 5.11 Å². The Kier molecular flexibility index (Phi) is 2.60. The van der Waals surface area contributed by atoms with E-state index in [0.29, 0.717) is 0 Å². The van der Waals surface area contributed by atoms with Gasteiger partial charge in [-0.2, -0.15) is 11.8 Å². The number of aliphatic hydroxyl groups is 1. The highest BCUT2D eigenvalue weighted by Crippen LogP contribution is 2.43. The van der Waals surface area contributed by atoms with Gasteiger partial charge in [-0.05, 0) is 29.9 Å². The summed E-state index contributed by atoms with van der Waals surface area (Å²) in [5.74, 6) is 1.03. The Balaban J connectivity index is 2.12. The number of fused-ring (bicyclic) bond motifs is 1. The quantitative estimate of drug-likeness (QED) is 0.838. The normalized spacial score (nSPS) is 28.7. The SMILES string of the molecule is CC1SCCC1(O)c1ccc2cccnc2c1. The van der Waals surface area contributed by atoms with Crippen LogP contribution >= 0.6 is 11.8 Å². The molecule has 3 heteroatoms. The molecule has 1 saturated heterocycles. The molecule has 1 aromatic carbocycles. The van der Waals surface area contributed by atoms with Crippen molar-refractivity contribution in [2.45, 2.75) is 24.2 Å². The van der Waals surface area contributed by atoms with Gasteiger partial charge in [0.1, 0.15) is 5.60 Å². The highest BCUT2D eigenvalue weighted by Gasteiger charge is 2.40. The first-order valence-corrected chi connectivity index (χ1v) is 6.94. The first kappa shape index (κ1) is 11.1. The van der Waals surface area contributed by atoms with Crippen LogP contribution < -0.4 is 0 Å². The van der Waals surface area contributed by atoms with E-state index in [1.54, 1.807) is 6.20 Å². The van der Waals surface area contributed by atoms with Crippen molar-refractivity contribution in [1.29, 1.82) is 0 Å². The van der Waals surface area contributed by atoms with Crippen LogP contribution in [0.15, 0.2) is 36.5 Å². The lowest BCUT2D eigenvalue weighted by molar-refractivity contribution is 0.0428. The molecule has 1 aromatic heterocycles. The minimum absolute atomic E-state index is 0.253. The van der Waals surface area contributed by atoms with Crippen LogP contribution in [-0.4, -0.2) is 21.1 Å². The van der Waals surface area contributed by atoms with Gasteiger partial charge >= 0.3 is 0 Å². The lowest BCUT2D eigenvalue weighted by atomic mass is 9.88. The topological polar surface area (TPSA) is 33.1 Å². The molecule has 88 valence electrons. The van der Waals surface area contributed by atoms with Crippen molar-refractivity contribution in [2.24, 2.45) is 0 Å². The molecule has 1 fully saturated rings. The molecule has 2 aromatic rings. The number of benzene rings is 1. The molecule has 2 nitrogen and oxygen atoms in total. The van der Waals surface area contributed by atoms with Gasteiger partial charge in [-0.25, -0.2) is 0 Å². The third-order valence-corrected chi connectivity index (χ3v) is 4.96. The van der Waals surface area contributed by atoms with Crippen molar-refractivity contribution in [3.05, 3.63) is 42.1 Å². The molecule has 0 bridgehead atoms. The second kappa shape index (κ2) is 4.00. The molecule has 0 radical (unpaired) electrons. The average molecular weight is 245 g/mol. The highest BCUT2D eigenvalue weighted by molar-refractivity contribution is 8.00. The fraction of sp³-hybridized carbons (Fsp3) is 0.357. The van der Waals surface area contributed by atoms with Crippen LogP contribution in [0.3, 0.4) is 0 Å². The Hall–Kier alpha value is -1.06. The van der Waals surface area contributed by atoms with Gasteiger partial charge in [0.05, 0.1) is 5.52 Å². The smallest absolute Gasteiger partial charge is 0.102 e. The number of pyridine rings is 1. The van der Waals surface area contributed by atoms with Gasteiger partial charge in [0.2, 0.25) is 0 Å². The summed E-state index contributed by atoms with van der Waals surface area (Å²) in [6, 6.07) is 10.1. The maximum Gasteiger partial charge on any atom is 0.102 e. The highest BCUT2D eigenvalue weighted by atomic mass is 32.2. The van der Waals surface area contributed by atoms with Crippen LogP contribution in [0.25, 0.3) is 10.9 Å². The van der Waals surface area contributed by atoms with E-state index < -0.39 is 5.60 Å². The molecule has 1 aliphatic rings. The van der Waals surface area contributed by atoms with E-state index in [1.165, 1.54) is 0 Å². The first-order valence-electron chi connectivity index (χ1n) is 5.89. The fourth-order valence-corrected chi connectivity index (χ4v) is 3.76. The van der Waals surface area contributed by atoms with Crippen LogP contribution in [0, 0.1) is 0 Å². The van der Waals surface area contributed by atoms with E-state index in [4.69, 9.17) is 0 Å². The minimum Gasteiger partial charge on any atom is -0.384 e. The van der Waals surface area contributed by atoms with Gasteiger partial charge in [0, 0.05) is 16.8 Å². The number of thioether (sulfide) groups is 1. The second-order valence-electron chi connectivity index (χ2n) is 4.60. The van der Waals surface area contributed by atoms with Gasteiger partial charge in [-0.15, -0.1) is 0 Å². The van der Waals surface area contributed by atoms with Crippen LogP contribution in [0.5, 0.6) is 0 Å². The fourth-order valence-electron chi connectivity index (χ4n) is 2.45. The van der Waals surface area contributed by atoms with E-state index in [2.05, 4.69) is 11.9 Å². The molecule has 0 amide bonds. The number of rotatable bonds is 1. The lowest BCUT2D eigenvalue weighted by Crippen LogP contribution is -2.31. The molecular formula is C14H15NOS. The Bertz CT molecular complexity index is 557. The number of hydrogen-bond acceptors (Lipinski definition) is 3. The maximum atomic E-state index is 10.7. The van der Waals surface area contributed by atoms with Crippen molar-refractivity contribution in [2.75, 3.05) is 5.75 Å². The predicted octanol–water partition coefficient (Wildman–Crippen LogP) is 2.95. The number of nitrogens with zero attached hydrogens (tertiary/aromatic N) is 1. The third-order valence-electron chi connectivity index (χ3n) is 3.63. The van der Waals surface area contributed by atoms with Crippen molar-refractivity contribution >= 4 is 22.7 Å². The molecule has 1 N–H and O–H groups in total. The van der Waals surface area contributed by atoms with Crippen LogP contribution in [0.2, 0.25) is 0 Å². The molecule has 2 unspecified atom stereocenters. The van der Waals surface area contributed by atoms with E-state index in [1.807, 2.05) is 42.1 Å². The van der Waals surface area contributed by atoms with Gasteiger partial charge in [0.15, 0.2) is 0 Å². The second-order valence-corrected chi connectivity index (χ2v) is 6.05. The largest absolute Gasteiger partial charge is 0.384 e. The summed E-state index contributed by atoms with van der Waals surface area (Å²) in [6.07, 6.45) is 2.63.